The summed E-state index contributed by atoms with van der Waals surface area (Å²) in [5, 5.41) is 3.19. The quantitative estimate of drug-likeness (QED) is 0.403. The number of sulfonamides is 1. The third-order valence-electron chi connectivity index (χ3n) is 6.05. The van der Waals surface area contributed by atoms with Gasteiger partial charge in [-0.15, -0.1) is 0 Å². The van der Waals surface area contributed by atoms with Crippen LogP contribution < -0.4 is 9.62 Å². The number of anilines is 1. The number of hydrogen-bond acceptors (Lipinski definition) is 4. The van der Waals surface area contributed by atoms with Crippen LogP contribution in [0.1, 0.15) is 30.5 Å². The van der Waals surface area contributed by atoms with Crippen LogP contribution in [0.15, 0.2) is 77.7 Å². The van der Waals surface area contributed by atoms with E-state index in [1.54, 1.807) is 75.4 Å². The Labute approximate surface area is 224 Å². The average molecular weight is 542 g/mol. The minimum Gasteiger partial charge on any atom is -0.355 e. The number of nitrogens with zero attached hydrogens (tertiary/aromatic N) is 2. The van der Waals surface area contributed by atoms with Crippen molar-refractivity contribution in [2.75, 3.05) is 17.4 Å². The number of carbonyl (C=O) groups is 2. The maximum absolute atomic E-state index is 13.8. The molecular formula is C28H32ClN3O4S. The van der Waals surface area contributed by atoms with Crippen molar-refractivity contribution in [3.8, 4) is 0 Å². The first-order valence-electron chi connectivity index (χ1n) is 12.0. The molecule has 0 aliphatic carbocycles. The second-order valence-corrected chi connectivity index (χ2v) is 11.1. The Morgan fingerprint density at radius 3 is 2.24 bits per heavy atom. The summed E-state index contributed by atoms with van der Waals surface area (Å²) >= 11 is 6.36. The molecule has 3 aromatic carbocycles. The fourth-order valence-electron chi connectivity index (χ4n) is 4.03. The minimum atomic E-state index is -4.10. The number of rotatable bonds is 10. The summed E-state index contributed by atoms with van der Waals surface area (Å²) in [6, 6.07) is 19.6. The molecule has 2 amide bonds. The normalized spacial score (nSPS) is 12.0. The molecule has 37 heavy (non-hydrogen) atoms. The van der Waals surface area contributed by atoms with Gasteiger partial charge in [0, 0.05) is 18.1 Å². The van der Waals surface area contributed by atoms with E-state index < -0.39 is 28.5 Å². The minimum absolute atomic E-state index is 0.0446. The Balaban J connectivity index is 2.07. The molecule has 9 heteroatoms. The summed E-state index contributed by atoms with van der Waals surface area (Å²) in [5.74, 6) is -0.870. The third kappa shape index (κ3) is 6.70. The second kappa shape index (κ2) is 12.3. The number of aryl methyl sites for hydroxylation is 2. The highest BCUT2D eigenvalue weighted by molar-refractivity contribution is 7.92. The standard InChI is InChI=1S/C28H32ClN3O4S/c1-5-30-28(34)22(4)31(18-23-11-9-10-14-25(23)29)27(33)19-32(26-16-15-20(2)17-21(26)3)37(35,36)24-12-7-6-8-13-24/h6-17,22H,5,18-19H2,1-4H3,(H,30,34)/t22-/m1/s1. The van der Waals surface area contributed by atoms with Gasteiger partial charge in [0.2, 0.25) is 11.8 Å². The van der Waals surface area contributed by atoms with E-state index in [1.807, 2.05) is 13.0 Å². The van der Waals surface area contributed by atoms with E-state index in [9.17, 15) is 18.0 Å². The van der Waals surface area contributed by atoms with Crippen LogP contribution in [-0.4, -0.2) is 44.3 Å². The van der Waals surface area contributed by atoms with Crippen molar-refractivity contribution in [1.29, 1.82) is 0 Å². The summed E-state index contributed by atoms with van der Waals surface area (Å²) in [4.78, 5) is 28.0. The number of hydrogen-bond donors (Lipinski definition) is 1. The predicted molar refractivity (Wildman–Crippen MR) is 147 cm³/mol. The lowest BCUT2D eigenvalue weighted by Gasteiger charge is -2.32. The topological polar surface area (TPSA) is 86.8 Å². The van der Waals surface area contributed by atoms with Gasteiger partial charge in [-0.25, -0.2) is 8.42 Å². The van der Waals surface area contributed by atoms with Crippen LogP contribution in [0, 0.1) is 13.8 Å². The Hall–Kier alpha value is -3.36. The molecule has 196 valence electrons. The lowest BCUT2D eigenvalue weighted by Crippen LogP contribution is -2.51. The molecular weight excluding hydrogens is 510 g/mol. The predicted octanol–water partition coefficient (Wildman–Crippen LogP) is 4.71. The average Bonchev–Trinajstić information content (AvgIpc) is 2.87. The van der Waals surface area contributed by atoms with Crippen LogP contribution in [0.2, 0.25) is 5.02 Å². The molecule has 0 aliphatic rings. The molecule has 0 fully saturated rings. The molecule has 0 radical (unpaired) electrons. The number of benzene rings is 3. The van der Waals surface area contributed by atoms with E-state index in [-0.39, 0.29) is 17.3 Å². The first-order valence-corrected chi connectivity index (χ1v) is 13.8. The SMILES string of the molecule is CCNC(=O)[C@@H](C)N(Cc1ccccc1Cl)C(=O)CN(c1ccc(C)cc1C)S(=O)(=O)c1ccccc1. The van der Waals surface area contributed by atoms with E-state index in [0.717, 1.165) is 9.87 Å². The van der Waals surface area contributed by atoms with Gasteiger partial charge in [0.1, 0.15) is 12.6 Å². The first-order chi connectivity index (χ1) is 17.6. The van der Waals surface area contributed by atoms with Crippen LogP contribution in [-0.2, 0) is 26.2 Å². The molecule has 1 atom stereocenters. The molecule has 7 nitrogen and oxygen atoms in total. The van der Waals surface area contributed by atoms with Crippen LogP contribution in [0.5, 0.6) is 0 Å². The molecule has 0 unspecified atom stereocenters. The van der Waals surface area contributed by atoms with E-state index in [2.05, 4.69) is 5.32 Å². The fourth-order valence-corrected chi connectivity index (χ4v) is 5.73. The Kier molecular flexibility index (Phi) is 9.34. The lowest BCUT2D eigenvalue weighted by molar-refractivity contribution is -0.139. The molecule has 0 aliphatic heterocycles. The summed E-state index contributed by atoms with van der Waals surface area (Å²) in [6.07, 6.45) is 0. The summed E-state index contributed by atoms with van der Waals surface area (Å²) in [6.45, 7) is 7.08. The molecule has 3 rings (SSSR count). The zero-order chi connectivity index (χ0) is 27.2. The zero-order valence-corrected chi connectivity index (χ0v) is 23.0. The van der Waals surface area contributed by atoms with Gasteiger partial charge in [0.25, 0.3) is 10.0 Å². The highest BCUT2D eigenvalue weighted by atomic mass is 35.5. The lowest BCUT2D eigenvalue weighted by atomic mass is 10.1. The van der Waals surface area contributed by atoms with Gasteiger partial charge in [-0.05, 0) is 63.1 Å². The largest absolute Gasteiger partial charge is 0.355 e. The number of halogens is 1. The zero-order valence-electron chi connectivity index (χ0n) is 21.4. The number of likely N-dealkylation sites (N-methyl/N-ethyl adjacent to an activating group) is 1. The third-order valence-corrected chi connectivity index (χ3v) is 8.19. The first kappa shape index (κ1) is 28.2. The van der Waals surface area contributed by atoms with Crippen LogP contribution in [0.25, 0.3) is 0 Å². The van der Waals surface area contributed by atoms with Crippen molar-refractivity contribution < 1.29 is 18.0 Å². The second-order valence-electron chi connectivity index (χ2n) is 8.80. The van der Waals surface area contributed by atoms with Gasteiger partial charge in [0.15, 0.2) is 0 Å². The van der Waals surface area contributed by atoms with Gasteiger partial charge >= 0.3 is 0 Å². The van der Waals surface area contributed by atoms with Crippen molar-refractivity contribution in [1.82, 2.24) is 10.2 Å². The van der Waals surface area contributed by atoms with Crippen molar-refractivity contribution in [2.45, 2.75) is 45.2 Å². The van der Waals surface area contributed by atoms with E-state index in [0.29, 0.717) is 28.4 Å². The Morgan fingerprint density at radius 1 is 0.973 bits per heavy atom. The van der Waals surface area contributed by atoms with Gasteiger partial charge in [0.05, 0.1) is 10.6 Å². The molecule has 0 spiro atoms. The highest BCUT2D eigenvalue weighted by Crippen LogP contribution is 2.28. The van der Waals surface area contributed by atoms with Crippen LogP contribution in [0.4, 0.5) is 5.69 Å². The number of carbonyl (C=O) groups excluding carboxylic acids is 2. The smallest absolute Gasteiger partial charge is 0.264 e. The molecule has 3 aromatic rings. The molecule has 0 saturated heterocycles. The van der Waals surface area contributed by atoms with Crippen LogP contribution in [0.3, 0.4) is 0 Å². The van der Waals surface area contributed by atoms with Gasteiger partial charge in [-0.3, -0.25) is 13.9 Å². The van der Waals surface area contributed by atoms with Crippen molar-refractivity contribution in [2.24, 2.45) is 0 Å². The molecule has 0 saturated carbocycles. The van der Waals surface area contributed by atoms with Crippen molar-refractivity contribution in [3.05, 3.63) is 94.5 Å². The number of nitrogens with one attached hydrogen (secondary N) is 1. The maximum atomic E-state index is 13.8. The number of amides is 2. The highest BCUT2D eigenvalue weighted by Gasteiger charge is 2.33. The van der Waals surface area contributed by atoms with Crippen LogP contribution >= 0.6 is 11.6 Å². The molecule has 0 heterocycles. The van der Waals surface area contributed by atoms with Gasteiger partial charge < -0.3 is 10.2 Å². The van der Waals surface area contributed by atoms with Gasteiger partial charge in [-0.2, -0.15) is 0 Å². The Morgan fingerprint density at radius 2 is 1.62 bits per heavy atom. The molecule has 1 N–H and O–H groups in total. The summed E-state index contributed by atoms with van der Waals surface area (Å²) in [5.41, 5.74) is 2.72. The van der Waals surface area contributed by atoms with Crippen molar-refractivity contribution >= 4 is 39.1 Å². The Bertz CT molecular complexity index is 1360. The molecule has 0 aromatic heterocycles. The van der Waals surface area contributed by atoms with Gasteiger partial charge in [-0.1, -0.05) is 65.7 Å². The van der Waals surface area contributed by atoms with Crippen molar-refractivity contribution in [3.63, 3.8) is 0 Å². The monoisotopic (exact) mass is 541 g/mol. The maximum Gasteiger partial charge on any atom is 0.264 e. The summed E-state index contributed by atoms with van der Waals surface area (Å²) in [7, 11) is -4.10. The van der Waals surface area contributed by atoms with E-state index >= 15 is 0 Å². The summed E-state index contributed by atoms with van der Waals surface area (Å²) < 4.78 is 28.7. The fraction of sp³-hybridized carbons (Fsp3) is 0.286. The van der Waals surface area contributed by atoms with E-state index in [1.165, 1.54) is 17.0 Å². The van der Waals surface area contributed by atoms with E-state index in [4.69, 9.17) is 11.6 Å². The molecule has 0 bridgehead atoms.